The molecule has 0 aliphatic carbocycles. The fraction of sp³-hybridized carbons (Fsp3) is 0.500. The average molecular weight is 234 g/mol. The summed E-state index contributed by atoms with van der Waals surface area (Å²) in [5, 5.41) is 0. The van der Waals surface area contributed by atoms with Crippen LogP contribution in [0, 0.1) is 13.8 Å². The van der Waals surface area contributed by atoms with Gasteiger partial charge < -0.3 is 9.47 Å². The number of hydrogen-bond acceptors (Lipinski definition) is 3. The van der Waals surface area contributed by atoms with Crippen molar-refractivity contribution in [1.82, 2.24) is 0 Å². The first kappa shape index (κ1) is 12.1. The van der Waals surface area contributed by atoms with E-state index in [-0.39, 0.29) is 5.78 Å². The molecule has 92 valence electrons. The molecule has 0 radical (unpaired) electrons. The van der Waals surface area contributed by atoms with Gasteiger partial charge in [0, 0.05) is 0 Å². The Bertz CT molecular complexity index is 459. The van der Waals surface area contributed by atoms with Gasteiger partial charge in [-0.3, -0.25) is 4.79 Å². The number of hydrogen-bond donors (Lipinski definition) is 0. The number of carbonyl (C=O) groups is 1. The van der Waals surface area contributed by atoms with Crippen molar-refractivity contribution in [3.8, 4) is 5.75 Å². The van der Waals surface area contributed by atoms with Crippen LogP contribution in [0.3, 0.4) is 0 Å². The number of ketones is 1. The second kappa shape index (κ2) is 4.15. The summed E-state index contributed by atoms with van der Waals surface area (Å²) in [7, 11) is 1.66. The van der Waals surface area contributed by atoms with Crippen LogP contribution in [0.5, 0.6) is 5.75 Å². The summed E-state index contributed by atoms with van der Waals surface area (Å²) in [4.78, 5) is 11.9. The lowest BCUT2D eigenvalue weighted by atomic mass is 9.73. The Labute approximate surface area is 102 Å². The standard InChI is InChI=1S/C14H18O3/c1-9-6-13(16-4)10(2)5-12(9)14(11(3)15)7-17-8-14/h5-6H,7-8H2,1-4H3. The minimum absolute atomic E-state index is 0.177. The zero-order valence-electron chi connectivity index (χ0n) is 10.8. The van der Waals surface area contributed by atoms with E-state index in [0.717, 1.165) is 22.4 Å². The van der Waals surface area contributed by atoms with Crippen molar-refractivity contribution >= 4 is 5.78 Å². The summed E-state index contributed by atoms with van der Waals surface area (Å²) in [5.74, 6) is 1.04. The lowest BCUT2D eigenvalue weighted by Crippen LogP contribution is -2.52. The van der Waals surface area contributed by atoms with E-state index in [4.69, 9.17) is 9.47 Å². The largest absolute Gasteiger partial charge is 0.496 e. The van der Waals surface area contributed by atoms with Crippen LogP contribution in [0.4, 0.5) is 0 Å². The molecular formula is C14H18O3. The first-order valence-electron chi connectivity index (χ1n) is 5.76. The number of ether oxygens (including phenoxy) is 2. The maximum absolute atomic E-state index is 11.9. The summed E-state index contributed by atoms with van der Waals surface area (Å²) < 4.78 is 10.5. The number of aryl methyl sites for hydroxylation is 2. The first-order valence-corrected chi connectivity index (χ1v) is 5.76. The van der Waals surface area contributed by atoms with E-state index in [1.807, 2.05) is 19.9 Å². The number of carbonyl (C=O) groups excluding carboxylic acids is 1. The van der Waals surface area contributed by atoms with Crippen molar-refractivity contribution in [1.29, 1.82) is 0 Å². The minimum Gasteiger partial charge on any atom is -0.496 e. The Morgan fingerprint density at radius 3 is 2.35 bits per heavy atom. The molecule has 1 aliphatic heterocycles. The maximum Gasteiger partial charge on any atom is 0.145 e. The molecule has 0 atom stereocenters. The highest BCUT2D eigenvalue weighted by molar-refractivity contribution is 5.90. The highest BCUT2D eigenvalue weighted by Crippen LogP contribution is 2.37. The third-order valence-corrected chi connectivity index (χ3v) is 3.63. The average Bonchev–Trinajstić information content (AvgIpc) is 2.20. The number of benzene rings is 1. The summed E-state index contributed by atoms with van der Waals surface area (Å²) >= 11 is 0. The fourth-order valence-electron chi connectivity index (χ4n) is 2.38. The predicted molar refractivity (Wildman–Crippen MR) is 65.6 cm³/mol. The van der Waals surface area contributed by atoms with E-state index in [9.17, 15) is 4.79 Å². The highest BCUT2D eigenvalue weighted by Gasteiger charge is 2.45. The summed E-state index contributed by atoms with van der Waals surface area (Å²) in [6.45, 7) is 6.64. The van der Waals surface area contributed by atoms with Gasteiger partial charge in [-0.1, -0.05) is 6.07 Å². The molecule has 3 heteroatoms. The summed E-state index contributed by atoms with van der Waals surface area (Å²) in [5.41, 5.74) is 2.79. The molecule has 1 aromatic carbocycles. The van der Waals surface area contributed by atoms with Gasteiger partial charge in [0.15, 0.2) is 0 Å². The first-order chi connectivity index (χ1) is 8.01. The molecule has 1 fully saturated rings. The molecule has 0 spiro atoms. The van der Waals surface area contributed by atoms with Crippen LogP contribution in [0.2, 0.25) is 0 Å². The Hall–Kier alpha value is -1.35. The van der Waals surface area contributed by atoms with Crippen molar-refractivity contribution in [3.63, 3.8) is 0 Å². The topological polar surface area (TPSA) is 35.5 Å². The van der Waals surface area contributed by atoms with Gasteiger partial charge in [-0.2, -0.15) is 0 Å². The van der Waals surface area contributed by atoms with Crippen LogP contribution >= 0.6 is 0 Å². The van der Waals surface area contributed by atoms with Crippen molar-refractivity contribution < 1.29 is 14.3 Å². The zero-order valence-corrected chi connectivity index (χ0v) is 10.8. The molecule has 0 aromatic heterocycles. The molecule has 1 aliphatic rings. The number of Topliss-reactive ketones (excluding diaryl/α,β-unsaturated/α-hetero) is 1. The Kier molecular flexibility index (Phi) is 2.96. The summed E-state index contributed by atoms with van der Waals surface area (Å²) in [6, 6.07) is 4.05. The van der Waals surface area contributed by atoms with Gasteiger partial charge in [0.25, 0.3) is 0 Å². The summed E-state index contributed by atoms with van der Waals surface area (Å²) in [6.07, 6.45) is 0. The van der Waals surface area contributed by atoms with Crippen LogP contribution in [0.1, 0.15) is 23.6 Å². The molecule has 17 heavy (non-hydrogen) atoms. The molecule has 2 rings (SSSR count). The van der Waals surface area contributed by atoms with E-state index in [1.54, 1.807) is 14.0 Å². The second-order valence-electron chi connectivity index (χ2n) is 4.77. The molecule has 3 nitrogen and oxygen atoms in total. The molecule has 1 aromatic rings. The monoisotopic (exact) mass is 234 g/mol. The third kappa shape index (κ3) is 1.75. The van der Waals surface area contributed by atoms with Crippen LogP contribution in [-0.4, -0.2) is 26.1 Å². The normalized spacial score (nSPS) is 17.4. The Balaban J connectivity index is 2.52. The van der Waals surface area contributed by atoms with Gasteiger partial charge in [0.2, 0.25) is 0 Å². The van der Waals surface area contributed by atoms with Crippen molar-refractivity contribution in [2.24, 2.45) is 0 Å². The predicted octanol–water partition coefficient (Wildman–Crippen LogP) is 2.17. The van der Waals surface area contributed by atoms with Gasteiger partial charge in [0.05, 0.1) is 20.3 Å². The molecule has 0 bridgehead atoms. The Morgan fingerprint density at radius 2 is 1.94 bits per heavy atom. The van der Waals surface area contributed by atoms with Crippen LogP contribution in [0.15, 0.2) is 12.1 Å². The lowest BCUT2D eigenvalue weighted by molar-refractivity contribution is -0.140. The Morgan fingerprint density at radius 1 is 1.29 bits per heavy atom. The van der Waals surface area contributed by atoms with Crippen molar-refractivity contribution in [2.45, 2.75) is 26.2 Å². The molecule has 0 N–H and O–H groups in total. The smallest absolute Gasteiger partial charge is 0.145 e. The van der Waals surface area contributed by atoms with Gasteiger partial charge in [-0.25, -0.2) is 0 Å². The van der Waals surface area contributed by atoms with Crippen LogP contribution in [-0.2, 0) is 14.9 Å². The number of rotatable bonds is 3. The molecule has 1 heterocycles. The molecule has 1 saturated heterocycles. The van der Waals surface area contributed by atoms with E-state index in [2.05, 4.69) is 6.07 Å². The quantitative estimate of drug-likeness (QED) is 0.804. The minimum atomic E-state index is -0.429. The van der Waals surface area contributed by atoms with Gasteiger partial charge in [0.1, 0.15) is 16.9 Å². The van der Waals surface area contributed by atoms with E-state index in [0.29, 0.717) is 13.2 Å². The van der Waals surface area contributed by atoms with E-state index in [1.165, 1.54) is 0 Å². The SMILES string of the molecule is COc1cc(C)c(C2(C(C)=O)COC2)cc1C. The molecule has 0 unspecified atom stereocenters. The second-order valence-corrected chi connectivity index (χ2v) is 4.77. The van der Waals surface area contributed by atoms with E-state index >= 15 is 0 Å². The molecular weight excluding hydrogens is 216 g/mol. The third-order valence-electron chi connectivity index (χ3n) is 3.63. The van der Waals surface area contributed by atoms with Gasteiger partial charge in [-0.05, 0) is 43.5 Å². The maximum atomic E-state index is 11.9. The van der Waals surface area contributed by atoms with Crippen molar-refractivity contribution in [3.05, 3.63) is 28.8 Å². The van der Waals surface area contributed by atoms with E-state index < -0.39 is 5.41 Å². The van der Waals surface area contributed by atoms with Crippen molar-refractivity contribution in [2.75, 3.05) is 20.3 Å². The highest BCUT2D eigenvalue weighted by atomic mass is 16.5. The van der Waals surface area contributed by atoms with Gasteiger partial charge >= 0.3 is 0 Å². The fourth-order valence-corrected chi connectivity index (χ4v) is 2.38. The number of methoxy groups -OCH3 is 1. The zero-order chi connectivity index (χ0) is 12.6. The molecule has 0 amide bonds. The van der Waals surface area contributed by atoms with Crippen LogP contribution in [0.25, 0.3) is 0 Å². The molecule has 0 saturated carbocycles. The van der Waals surface area contributed by atoms with Gasteiger partial charge in [-0.15, -0.1) is 0 Å². The van der Waals surface area contributed by atoms with Crippen LogP contribution < -0.4 is 4.74 Å². The lowest BCUT2D eigenvalue weighted by Gasteiger charge is -2.40.